The van der Waals surface area contributed by atoms with E-state index in [1.807, 2.05) is 55.5 Å². The monoisotopic (exact) mass is 284 g/mol. The molecule has 0 aliphatic carbocycles. The molecule has 0 aliphatic heterocycles. The lowest BCUT2D eigenvalue weighted by Crippen LogP contribution is -2.37. The first-order chi connectivity index (χ1) is 10.2. The molecule has 0 fully saturated rings. The second-order valence-electron chi connectivity index (χ2n) is 4.71. The van der Waals surface area contributed by atoms with Crippen LogP contribution in [0.25, 0.3) is 0 Å². The molecule has 1 amide bonds. The summed E-state index contributed by atoms with van der Waals surface area (Å²) in [5, 5.41) is 2.83. The second-order valence-corrected chi connectivity index (χ2v) is 4.71. The number of amides is 1. The Morgan fingerprint density at radius 2 is 1.81 bits per heavy atom. The van der Waals surface area contributed by atoms with Crippen molar-refractivity contribution in [2.45, 2.75) is 19.4 Å². The van der Waals surface area contributed by atoms with Crippen molar-refractivity contribution >= 4 is 11.6 Å². The Morgan fingerprint density at radius 3 is 2.52 bits per heavy atom. The number of rotatable bonds is 6. The van der Waals surface area contributed by atoms with E-state index < -0.39 is 6.04 Å². The van der Waals surface area contributed by atoms with Gasteiger partial charge in [0, 0.05) is 0 Å². The van der Waals surface area contributed by atoms with E-state index in [0.717, 1.165) is 5.56 Å². The molecule has 0 spiro atoms. The summed E-state index contributed by atoms with van der Waals surface area (Å²) < 4.78 is 5.48. The van der Waals surface area contributed by atoms with Gasteiger partial charge in [0.25, 0.3) is 0 Å². The lowest BCUT2D eigenvalue weighted by atomic mass is 10.1. The topological polar surface area (TPSA) is 64.3 Å². The average Bonchev–Trinajstić information content (AvgIpc) is 2.50. The predicted molar refractivity (Wildman–Crippen MR) is 84.4 cm³/mol. The van der Waals surface area contributed by atoms with E-state index in [4.69, 9.17) is 10.5 Å². The smallest absolute Gasteiger partial charge is 0.241 e. The van der Waals surface area contributed by atoms with Crippen LogP contribution < -0.4 is 15.8 Å². The van der Waals surface area contributed by atoms with Crippen molar-refractivity contribution in [2.75, 3.05) is 11.9 Å². The van der Waals surface area contributed by atoms with Gasteiger partial charge in [-0.3, -0.25) is 4.79 Å². The minimum Gasteiger partial charge on any atom is -0.492 e. The predicted octanol–water partition coefficient (Wildman–Crippen LogP) is 2.59. The molecular weight excluding hydrogens is 264 g/mol. The van der Waals surface area contributed by atoms with Gasteiger partial charge in [-0.2, -0.15) is 0 Å². The number of hydrogen-bond donors (Lipinski definition) is 2. The Bertz CT molecular complexity index is 584. The van der Waals surface area contributed by atoms with Gasteiger partial charge in [0.1, 0.15) is 5.75 Å². The number of carbonyl (C=O) groups excluding carboxylic acids is 1. The second kappa shape index (κ2) is 7.45. The maximum atomic E-state index is 12.2. The largest absolute Gasteiger partial charge is 0.492 e. The third kappa shape index (κ3) is 4.33. The third-order valence-corrected chi connectivity index (χ3v) is 3.08. The number of ether oxygens (including phenoxy) is 1. The van der Waals surface area contributed by atoms with E-state index in [0.29, 0.717) is 24.5 Å². The molecule has 2 rings (SSSR count). The van der Waals surface area contributed by atoms with Crippen molar-refractivity contribution in [2.24, 2.45) is 5.73 Å². The molecule has 110 valence electrons. The van der Waals surface area contributed by atoms with Crippen molar-refractivity contribution < 1.29 is 9.53 Å². The standard InChI is InChI=1S/C17H20N2O2/c1-2-21-16-11-7-6-10-15(16)19-17(20)14(18)12-13-8-4-3-5-9-13/h3-11,14H,2,12,18H2,1H3,(H,19,20)/t14-/m1/s1. The minimum atomic E-state index is -0.595. The van der Waals surface area contributed by atoms with Crippen LogP contribution in [0.5, 0.6) is 5.75 Å². The van der Waals surface area contributed by atoms with E-state index in [9.17, 15) is 4.79 Å². The lowest BCUT2D eigenvalue weighted by Gasteiger charge is -2.15. The Kier molecular flexibility index (Phi) is 5.35. The van der Waals surface area contributed by atoms with Crippen LogP contribution >= 0.6 is 0 Å². The zero-order valence-electron chi connectivity index (χ0n) is 12.1. The number of nitrogens with two attached hydrogens (primary N) is 1. The van der Waals surface area contributed by atoms with Crippen molar-refractivity contribution in [1.29, 1.82) is 0 Å². The van der Waals surface area contributed by atoms with Crippen molar-refractivity contribution in [3.8, 4) is 5.75 Å². The fraction of sp³-hybridized carbons (Fsp3) is 0.235. The molecule has 2 aromatic carbocycles. The maximum Gasteiger partial charge on any atom is 0.241 e. The number of nitrogens with one attached hydrogen (secondary N) is 1. The average molecular weight is 284 g/mol. The zero-order chi connectivity index (χ0) is 15.1. The molecule has 4 nitrogen and oxygen atoms in total. The summed E-state index contributed by atoms with van der Waals surface area (Å²) in [6, 6.07) is 16.5. The molecule has 0 radical (unpaired) electrons. The number of anilines is 1. The highest BCUT2D eigenvalue weighted by molar-refractivity contribution is 5.96. The Morgan fingerprint density at radius 1 is 1.14 bits per heavy atom. The highest BCUT2D eigenvalue weighted by Crippen LogP contribution is 2.23. The molecule has 0 saturated heterocycles. The van der Waals surface area contributed by atoms with Gasteiger partial charge in [0.05, 0.1) is 18.3 Å². The molecular formula is C17H20N2O2. The van der Waals surface area contributed by atoms with Crippen molar-refractivity contribution in [3.63, 3.8) is 0 Å². The highest BCUT2D eigenvalue weighted by Gasteiger charge is 2.15. The summed E-state index contributed by atoms with van der Waals surface area (Å²) in [7, 11) is 0. The van der Waals surface area contributed by atoms with Crippen LogP contribution in [0.2, 0.25) is 0 Å². The highest BCUT2D eigenvalue weighted by atomic mass is 16.5. The van der Waals surface area contributed by atoms with Crippen molar-refractivity contribution in [3.05, 3.63) is 60.2 Å². The molecule has 0 unspecified atom stereocenters. The van der Waals surface area contributed by atoms with Gasteiger partial charge < -0.3 is 15.8 Å². The minimum absolute atomic E-state index is 0.217. The van der Waals surface area contributed by atoms with E-state index >= 15 is 0 Å². The van der Waals surface area contributed by atoms with Crippen LogP contribution in [0.15, 0.2) is 54.6 Å². The molecule has 0 bridgehead atoms. The summed E-state index contributed by atoms with van der Waals surface area (Å²) in [4.78, 5) is 12.2. The fourth-order valence-corrected chi connectivity index (χ4v) is 2.04. The maximum absolute atomic E-state index is 12.2. The molecule has 0 heterocycles. The summed E-state index contributed by atoms with van der Waals surface area (Å²) in [5.74, 6) is 0.436. The Hall–Kier alpha value is -2.33. The van der Waals surface area contributed by atoms with Gasteiger partial charge in [0.2, 0.25) is 5.91 Å². The molecule has 0 aromatic heterocycles. The van der Waals surface area contributed by atoms with E-state index in [-0.39, 0.29) is 5.91 Å². The number of benzene rings is 2. The van der Waals surface area contributed by atoms with Gasteiger partial charge in [-0.05, 0) is 31.0 Å². The van der Waals surface area contributed by atoms with E-state index in [1.165, 1.54) is 0 Å². The van der Waals surface area contributed by atoms with Crippen LogP contribution in [0.1, 0.15) is 12.5 Å². The van der Waals surface area contributed by atoms with Gasteiger partial charge in [0.15, 0.2) is 0 Å². The molecule has 3 N–H and O–H groups in total. The summed E-state index contributed by atoms with van der Waals surface area (Å²) in [6.07, 6.45) is 0.503. The van der Waals surface area contributed by atoms with Crippen LogP contribution in [0, 0.1) is 0 Å². The quantitative estimate of drug-likeness (QED) is 0.857. The van der Waals surface area contributed by atoms with Gasteiger partial charge in [-0.1, -0.05) is 42.5 Å². The van der Waals surface area contributed by atoms with Crippen molar-refractivity contribution in [1.82, 2.24) is 0 Å². The third-order valence-electron chi connectivity index (χ3n) is 3.08. The molecule has 0 saturated carbocycles. The molecule has 2 aromatic rings. The van der Waals surface area contributed by atoms with E-state index in [2.05, 4.69) is 5.32 Å². The fourth-order valence-electron chi connectivity index (χ4n) is 2.04. The first-order valence-electron chi connectivity index (χ1n) is 7.03. The van der Waals surface area contributed by atoms with Crippen LogP contribution in [0.4, 0.5) is 5.69 Å². The normalized spacial score (nSPS) is 11.7. The van der Waals surface area contributed by atoms with Crippen LogP contribution in [-0.4, -0.2) is 18.6 Å². The van der Waals surface area contributed by atoms with Gasteiger partial charge in [-0.25, -0.2) is 0 Å². The number of carbonyl (C=O) groups is 1. The first kappa shape index (κ1) is 15.1. The van der Waals surface area contributed by atoms with Crippen LogP contribution in [0.3, 0.4) is 0 Å². The zero-order valence-corrected chi connectivity index (χ0v) is 12.1. The molecule has 0 aliphatic rings. The summed E-state index contributed by atoms with van der Waals surface area (Å²) in [5.41, 5.74) is 7.65. The molecule has 4 heteroatoms. The van der Waals surface area contributed by atoms with E-state index in [1.54, 1.807) is 6.07 Å². The van der Waals surface area contributed by atoms with Crippen LogP contribution in [-0.2, 0) is 11.2 Å². The summed E-state index contributed by atoms with van der Waals surface area (Å²) >= 11 is 0. The molecule has 1 atom stereocenters. The first-order valence-corrected chi connectivity index (χ1v) is 7.03. The SMILES string of the molecule is CCOc1ccccc1NC(=O)[C@H](N)Cc1ccccc1. The van der Waals surface area contributed by atoms with Gasteiger partial charge >= 0.3 is 0 Å². The number of hydrogen-bond acceptors (Lipinski definition) is 3. The number of para-hydroxylation sites is 2. The lowest BCUT2D eigenvalue weighted by molar-refractivity contribution is -0.117. The Balaban J connectivity index is 2.01. The van der Waals surface area contributed by atoms with Gasteiger partial charge in [-0.15, -0.1) is 0 Å². The summed E-state index contributed by atoms with van der Waals surface area (Å²) in [6.45, 7) is 2.45. The Labute approximate surface area is 124 Å². The molecule has 21 heavy (non-hydrogen) atoms.